The van der Waals surface area contributed by atoms with Gasteiger partial charge in [-0.05, 0) is 52.1 Å². The van der Waals surface area contributed by atoms with E-state index in [9.17, 15) is 9.59 Å². The normalized spacial score (nSPS) is 11.3. The maximum Gasteiger partial charge on any atom is 0.263 e. The summed E-state index contributed by atoms with van der Waals surface area (Å²) in [6.45, 7) is 6.28. The van der Waals surface area contributed by atoms with Gasteiger partial charge in [0.05, 0.1) is 11.9 Å². The first kappa shape index (κ1) is 19.3. The van der Waals surface area contributed by atoms with Crippen LogP contribution in [0, 0.1) is 20.8 Å². The maximum atomic E-state index is 13.2. The van der Waals surface area contributed by atoms with Gasteiger partial charge in [-0.3, -0.25) is 14.2 Å². The zero-order chi connectivity index (χ0) is 19.7. The van der Waals surface area contributed by atoms with Crippen LogP contribution in [-0.2, 0) is 17.9 Å². The van der Waals surface area contributed by atoms with Crippen molar-refractivity contribution >= 4 is 33.1 Å². The van der Waals surface area contributed by atoms with Crippen LogP contribution in [0.25, 0.3) is 10.2 Å². The van der Waals surface area contributed by atoms with Crippen molar-refractivity contribution in [2.24, 2.45) is 0 Å². The molecule has 0 atom stereocenters. The van der Waals surface area contributed by atoms with E-state index in [-0.39, 0.29) is 18.0 Å². The molecule has 3 rings (SSSR count). The van der Waals surface area contributed by atoms with Crippen molar-refractivity contribution in [1.82, 2.24) is 14.5 Å². The van der Waals surface area contributed by atoms with Gasteiger partial charge in [-0.25, -0.2) is 4.98 Å². The first-order chi connectivity index (χ1) is 12.8. The molecular weight excluding hydrogens is 360 g/mol. The lowest BCUT2D eigenvalue weighted by Crippen LogP contribution is -2.33. The van der Waals surface area contributed by atoms with Crippen LogP contribution < -0.4 is 10.9 Å². The van der Waals surface area contributed by atoms with Crippen LogP contribution in [0.1, 0.15) is 21.8 Å². The second-order valence-electron chi connectivity index (χ2n) is 6.98. The standard InChI is InChI=1S/C20H24N4O2S/c1-12-8-6-7-9-15(12)21-17(25)11-24-16(10-23(4)5)22-19-18(20(24)26)13(2)14(3)27-19/h6-9H,10-11H2,1-5H3,(H,21,25). The highest BCUT2D eigenvalue weighted by Gasteiger charge is 2.18. The number of carbonyl (C=O) groups is 1. The van der Waals surface area contributed by atoms with E-state index >= 15 is 0 Å². The number of thiophene rings is 1. The van der Waals surface area contributed by atoms with Crippen LogP contribution in [-0.4, -0.2) is 34.5 Å². The Morgan fingerprint density at radius 3 is 2.59 bits per heavy atom. The van der Waals surface area contributed by atoms with Crippen molar-refractivity contribution in [3.8, 4) is 0 Å². The Labute approximate surface area is 162 Å². The van der Waals surface area contributed by atoms with E-state index in [1.165, 1.54) is 15.9 Å². The van der Waals surface area contributed by atoms with Crippen molar-refractivity contribution in [2.45, 2.75) is 33.9 Å². The number of aromatic nitrogens is 2. The Bertz CT molecular complexity index is 1070. The van der Waals surface area contributed by atoms with Crippen LogP contribution >= 0.6 is 11.3 Å². The van der Waals surface area contributed by atoms with Gasteiger partial charge in [-0.1, -0.05) is 18.2 Å². The third kappa shape index (κ3) is 3.94. The smallest absolute Gasteiger partial charge is 0.263 e. The number of rotatable bonds is 5. The summed E-state index contributed by atoms with van der Waals surface area (Å²) >= 11 is 1.52. The molecule has 0 saturated heterocycles. The lowest BCUT2D eigenvalue weighted by atomic mass is 10.2. The lowest BCUT2D eigenvalue weighted by Gasteiger charge is -2.16. The number of fused-ring (bicyclic) bond motifs is 1. The monoisotopic (exact) mass is 384 g/mol. The number of nitrogens with one attached hydrogen (secondary N) is 1. The number of anilines is 1. The summed E-state index contributed by atoms with van der Waals surface area (Å²) in [7, 11) is 3.83. The molecule has 0 bridgehead atoms. The Kier molecular flexibility index (Phi) is 5.43. The summed E-state index contributed by atoms with van der Waals surface area (Å²) in [6.07, 6.45) is 0. The van der Waals surface area contributed by atoms with Crippen molar-refractivity contribution in [2.75, 3.05) is 19.4 Å². The Hall–Kier alpha value is -2.51. The molecule has 0 saturated carbocycles. The molecule has 27 heavy (non-hydrogen) atoms. The lowest BCUT2D eigenvalue weighted by molar-refractivity contribution is -0.116. The molecule has 1 aromatic carbocycles. The molecule has 0 radical (unpaired) electrons. The predicted octanol–water partition coefficient (Wildman–Crippen LogP) is 3.08. The number of benzene rings is 1. The molecular formula is C20H24N4O2S. The quantitative estimate of drug-likeness (QED) is 0.734. The number of hydrogen-bond acceptors (Lipinski definition) is 5. The third-order valence-electron chi connectivity index (χ3n) is 4.55. The van der Waals surface area contributed by atoms with Gasteiger partial charge < -0.3 is 10.2 Å². The summed E-state index contributed by atoms with van der Waals surface area (Å²) in [5, 5.41) is 3.51. The molecule has 3 aromatic rings. The third-order valence-corrected chi connectivity index (χ3v) is 5.65. The number of hydrogen-bond donors (Lipinski definition) is 1. The molecule has 142 valence electrons. The molecule has 0 unspecified atom stereocenters. The van der Waals surface area contributed by atoms with Crippen LogP contribution in [0.2, 0.25) is 0 Å². The second-order valence-corrected chi connectivity index (χ2v) is 8.19. The van der Waals surface area contributed by atoms with Crippen LogP contribution in [0.4, 0.5) is 5.69 Å². The van der Waals surface area contributed by atoms with Crippen molar-refractivity contribution in [3.63, 3.8) is 0 Å². The highest BCUT2D eigenvalue weighted by molar-refractivity contribution is 7.18. The van der Waals surface area contributed by atoms with Gasteiger partial charge in [0.2, 0.25) is 5.91 Å². The number of carbonyl (C=O) groups excluding carboxylic acids is 1. The average Bonchev–Trinajstić information content (AvgIpc) is 2.87. The summed E-state index contributed by atoms with van der Waals surface area (Å²) < 4.78 is 1.50. The minimum Gasteiger partial charge on any atom is -0.324 e. The number of nitrogens with zero attached hydrogens (tertiary/aromatic N) is 3. The second kappa shape index (κ2) is 7.62. The Balaban J connectivity index is 2.02. The van der Waals surface area contributed by atoms with Crippen LogP contribution in [0.15, 0.2) is 29.1 Å². The van der Waals surface area contributed by atoms with Gasteiger partial charge in [0, 0.05) is 10.6 Å². The SMILES string of the molecule is Cc1ccccc1NC(=O)Cn1c(CN(C)C)nc2sc(C)c(C)c2c1=O. The number of para-hydroxylation sites is 1. The van der Waals surface area contributed by atoms with Gasteiger partial charge in [-0.15, -0.1) is 11.3 Å². The predicted molar refractivity (Wildman–Crippen MR) is 111 cm³/mol. The van der Waals surface area contributed by atoms with Crippen molar-refractivity contribution in [3.05, 3.63) is 56.4 Å². The summed E-state index contributed by atoms with van der Waals surface area (Å²) in [6, 6.07) is 7.58. The van der Waals surface area contributed by atoms with E-state index in [4.69, 9.17) is 4.98 Å². The minimum absolute atomic E-state index is 0.0619. The van der Waals surface area contributed by atoms with Crippen molar-refractivity contribution < 1.29 is 4.79 Å². The first-order valence-electron chi connectivity index (χ1n) is 8.77. The molecule has 1 amide bonds. The zero-order valence-corrected chi connectivity index (χ0v) is 17.1. The summed E-state index contributed by atoms with van der Waals surface area (Å²) in [5.74, 6) is 0.357. The molecule has 2 heterocycles. The van der Waals surface area contributed by atoms with Gasteiger partial charge >= 0.3 is 0 Å². The fourth-order valence-electron chi connectivity index (χ4n) is 2.98. The Morgan fingerprint density at radius 2 is 1.93 bits per heavy atom. The topological polar surface area (TPSA) is 67.2 Å². The molecule has 0 spiro atoms. The molecule has 0 fully saturated rings. The molecule has 0 aliphatic rings. The fourth-order valence-corrected chi connectivity index (χ4v) is 4.02. The van der Waals surface area contributed by atoms with Gasteiger partial charge in [-0.2, -0.15) is 0 Å². The van der Waals surface area contributed by atoms with E-state index in [2.05, 4.69) is 5.32 Å². The highest BCUT2D eigenvalue weighted by atomic mass is 32.1. The molecule has 1 N–H and O–H groups in total. The maximum absolute atomic E-state index is 13.2. The fraction of sp³-hybridized carbons (Fsp3) is 0.350. The van der Waals surface area contributed by atoms with Gasteiger partial charge in [0.25, 0.3) is 5.56 Å². The zero-order valence-electron chi connectivity index (χ0n) is 16.3. The highest BCUT2D eigenvalue weighted by Crippen LogP contribution is 2.26. The summed E-state index contributed by atoms with van der Waals surface area (Å²) in [5.41, 5.74) is 2.52. The van der Waals surface area contributed by atoms with E-state index in [0.717, 1.165) is 26.5 Å². The minimum atomic E-state index is -0.239. The van der Waals surface area contributed by atoms with Crippen LogP contribution in [0.3, 0.4) is 0 Å². The van der Waals surface area contributed by atoms with E-state index < -0.39 is 0 Å². The largest absolute Gasteiger partial charge is 0.324 e. The Morgan fingerprint density at radius 1 is 1.22 bits per heavy atom. The molecule has 6 nitrogen and oxygen atoms in total. The van der Waals surface area contributed by atoms with Crippen molar-refractivity contribution in [1.29, 1.82) is 0 Å². The van der Waals surface area contributed by atoms with E-state index in [1.54, 1.807) is 0 Å². The summed E-state index contributed by atoms with van der Waals surface area (Å²) in [4.78, 5) is 34.2. The molecule has 0 aliphatic carbocycles. The first-order valence-corrected chi connectivity index (χ1v) is 9.59. The average molecular weight is 385 g/mol. The van der Waals surface area contributed by atoms with E-state index in [1.807, 2.05) is 64.0 Å². The van der Waals surface area contributed by atoms with E-state index in [0.29, 0.717) is 17.8 Å². The molecule has 2 aromatic heterocycles. The van der Waals surface area contributed by atoms with Crippen LogP contribution in [0.5, 0.6) is 0 Å². The van der Waals surface area contributed by atoms with Gasteiger partial charge in [0.1, 0.15) is 17.2 Å². The van der Waals surface area contributed by atoms with Gasteiger partial charge in [0.15, 0.2) is 0 Å². The molecule has 0 aliphatic heterocycles. The number of aryl methyl sites for hydroxylation is 3. The number of amides is 1. The molecule has 7 heteroatoms.